The number of carbonyl (C=O) groups is 1. The van der Waals surface area contributed by atoms with Gasteiger partial charge in [-0.3, -0.25) is 4.79 Å². The van der Waals surface area contributed by atoms with Crippen LogP contribution in [0.4, 0.5) is 5.69 Å². The Kier molecular flexibility index (Phi) is 3.33. The van der Waals surface area contributed by atoms with Crippen LogP contribution in [0.1, 0.15) is 12.8 Å². The third-order valence-electron chi connectivity index (χ3n) is 2.29. The average molecular weight is 285 g/mol. The lowest BCUT2D eigenvalue weighted by Crippen LogP contribution is -2.30. The van der Waals surface area contributed by atoms with Crippen molar-refractivity contribution in [2.75, 3.05) is 12.3 Å². The number of hydrogen-bond donors (Lipinski definition) is 2. The van der Waals surface area contributed by atoms with Gasteiger partial charge >= 0.3 is 0 Å². The van der Waals surface area contributed by atoms with E-state index in [4.69, 9.17) is 10.5 Å². The van der Waals surface area contributed by atoms with E-state index in [9.17, 15) is 4.79 Å². The predicted octanol–water partition coefficient (Wildman–Crippen LogP) is 1.69. The number of halogens is 1. The van der Waals surface area contributed by atoms with Crippen molar-refractivity contribution >= 4 is 27.5 Å². The van der Waals surface area contributed by atoms with Crippen molar-refractivity contribution in [1.82, 2.24) is 5.32 Å². The fraction of sp³-hybridized carbons (Fsp3) is 0.364. The predicted molar refractivity (Wildman–Crippen MR) is 65.2 cm³/mol. The highest BCUT2D eigenvalue weighted by atomic mass is 79.9. The number of nitrogen functional groups attached to an aromatic ring is 1. The molecular weight excluding hydrogens is 272 g/mol. The summed E-state index contributed by atoms with van der Waals surface area (Å²) in [5.41, 5.74) is 6.29. The lowest BCUT2D eigenvalue weighted by molar-refractivity contribution is -0.123. The minimum Gasteiger partial charge on any atom is -0.483 e. The van der Waals surface area contributed by atoms with Crippen molar-refractivity contribution in [2.45, 2.75) is 18.9 Å². The summed E-state index contributed by atoms with van der Waals surface area (Å²) in [4.78, 5) is 11.4. The summed E-state index contributed by atoms with van der Waals surface area (Å²) in [5, 5.41) is 2.85. The minimum atomic E-state index is -0.0863. The van der Waals surface area contributed by atoms with Gasteiger partial charge in [-0.25, -0.2) is 0 Å². The maximum atomic E-state index is 11.4. The number of ether oxygens (including phenoxy) is 1. The monoisotopic (exact) mass is 284 g/mol. The number of amides is 1. The number of nitrogens with one attached hydrogen (secondary N) is 1. The summed E-state index contributed by atoms with van der Waals surface area (Å²) in [6.45, 7) is 0.0263. The van der Waals surface area contributed by atoms with Crippen molar-refractivity contribution in [3.63, 3.8) is 0 Å². The molecule has 2 rings (SSSR count). The molecule has 0 unspecified atom stereocenters. The number of nitrogens with two attached hydrogens (primary N) is 1. The van der Waals surface area contributed by atoms with Crippen LogP contribution in [-0.2, 0) is 4.79 Å². The van der Waals surface area contributed by atoms with Crippen LogP contribution < -0.4 is 15.8 Å². The average Bonchev–Trinajstić information content (AvgIpc) is 3.04. The maximum Gasteiger partial charge on any atom is 0.258 e. The molecule has 0 spiro atoms. The standard InChI is InChI=1S/C11H13BrN2O2/c12-11-8(13)2-1-3-9(11)16-6-10(15)14-7-4-5-7/h1-3,7H,4-6,13H2,(H,14,15). The Bertz CT molecular complexity index is 405. The van der Waals surface area contributed by atoms with Crippen LogP contribution in [0.5, 0.6) is 5.75 Å². The minimum absolute atomic E-state index is 0.0263. The molecule has 0 aromatic heterocycles. The Morgan fingerprint density at radius 1 is 1.56 bits per heavy atom. The van der Waals surface area contributed by atoms with Crippen LogP contribution in [0.3, 0.4) is 0 Å². The van der Waals surface area contributed by atoms with Crippen LogP contribution in [0.2, 0.25) is 0 Å². The lowest BCUT2D eigenvalue weighted by Gasteiger charge is -2.09. The summed E-state index contributed by atoms with van der Waals surface area (Å²) in [7, 11) is 0. The number of anilines is 1. The van der Waals surface area contributed by atoms with Crippen molar-refractivity contribution in [3.8, 4) is 5.75 Å². The molecule has 1 aromatic carbocycles. The Labute approximate surface area is 102 Å². The third kappa shape index (κ3) is 2.88. The van der Waals surface area contributed by atoms with Crippen LogP contribution in [0.25, 0.3) is 0 Å². The molecule has 1 fully saturated rings. The van der Waals surface area contributed by atoms with Gasteiger partial charge in [0.2, 0.25) is 0 Å². The number of carbonyl (C=O) groups excluding carboxylic acids is 1. The number of rotatable bonds is 4. The van der Waals surface area contributed by atoms with Crippen LogP contribution in [0, 0.1) is 0 Å². The molecule has 1 amide bonds. The van der Waals surface area contributed by atoms with Gasteiger partial charge in [-0.1, -0.05) is 6.07 Å². The van der Waals surface area contributed by atoms with Crippen molar-refractivity contribution < 1.29 is 9.53 Å². The van der Waals surface area contributed by atoms with Gasteiger partial charge in [0.25, 0.3) is 5.91 Å². The topological polar surface area (TPSA) is 64.3 Å². The van der Waals surface area contributed by atoms with Gasteiger partial charge in [-0.2, -0.15) is 0 Å². The highest BCUT2D eigenvalue weighted by Crippen LogP contribution is 2.30. The Morgan fingerprint density at radius 3 is 3.00 bits per heavy atom. The molecule has 5 heteroatoms. The summed E-state index contributed by atoms with van der Waals surface area (Å²) in [5.74, 6) is 0.503. The zero-order valence-corrected chi connectivity index (χ0v) is 10.3. The molecule has 1 aliphatic rings. The van der Waals surface area contributed by atoms with E-state index in [1.807, 2.05) is 0 Å². The summed E-state index contributed by atoms with van der Waals surface area (Å²) < 4.78 is 6.06. The molecule has 0 aliphatic heterocycles. The number of hydrogen-bond acceptors (Lipinski definition) is 3. The first kappa shape index (κ1) is 11.3. The van der Waals surface area contributed by atoms with E-state index in [1.54, 1.807) is 18.2 Å². The fourth-order valence-corrected chi connectivity index (χ4v) is 1.66. The molecule has 1 saturated carbocycles. The fourth-order valence-electron chi connectivity index (χ4n) is 1.28. The molecule has 1 aliphatic carbocycles. The molecule has 0 heterocycles. The van der Waals surface area contributed by atoms with Gasteiger partial charge in [0.15, 0.2) is 6.61 Å². The van der Waals surface area contributed by atoms with E-state index in [1.165, 1.54) is 0 Å². The maximum absolute atomic E-state index is 11.4. The molecule has 3 N–H and O–H groups in total. The Morgan fingerprint density at radius 2 is 2.31 bits per heavy atom. The zero-order chi connectivity index (χ0) is 11.5. The van der Waals surface area contributed by atoms with Crippen LogP contribution >= 0.6 is 15.9 Å². The largest absolute Gasteiger partial charge is 0.483 e. The molecule has 0 radical (unpaired) electrons. The molecule has 4 nitrogen and oxygen atoms in total. The van der Waals surface area contributed by atoms with Gasteiger partial charge in [0.1, 0.15) is 5.75 Å². The van der Waals surface area contributed by atoms with E-state index in [2.05, 4.69) is 21.2 Å². The summed E-state index contributed by atoms with van der Waals surface area (Å²) in [6.07, 6.45) is 2.15. The highest BCUT2D eigenvalue weighted by molar-refractivity contribution is 9.10. The van der Waals surface area contributed by atoms with Crippen molar-refractivity contribution in [2.24, 2.45) is 0 Å². The van der Waals surface area contributed by atoms with E-state index >= 15 is 0 Å². The molecular formula is C11H13BrN2O2. The second-order valence-electron chi connectivity index (χ2n) is 3.79. The second-order valence-corrected chi connectivity index (χ2v) is 4.58. The summed E-state index contributed by atoms with van der Waals surface area (Å²) >= 11 is 3.31. The van der Waals surface area contributed by atoms with Gasteiger partial charge in [-0.15, -0.1) is 0 Å². The van der Waals surface area contributed by atoms with Crippen LogP contribution in [-0.4, -0.2) is 18.6 Å². The molecule has 1 aromatic rings. The quantitative estimate of drug-likeness (QED) is 0.827. The van der Waals surface area contributed by atoms with Gasteiger partial charge in [-0.05, 0) is 40.9 Å². The third-order valence-corrected chi connectivity index (χ3v) is 3.14. The van der Waals surface area contributed by atoms with E-state index in [0.29, 0.717) is 22.0 Å². The molecule has 0 atom stereocenters. The van der Waals surface area contributed by atoms with Crippen molar-refractivity contribution in [1.29, 1.82) is 0 Å². The SMILES string of the molecule is Nc1cccc(OCC(=O)NC2CC2)c1Br. The normalized spacial score (nSPS) is 14.6. The molecule has 86 valence electrons. The molecule has 0 saturated heterocycles. The van der Waals surface area contributed by atoms with E-state index in [-0.39, 0.29) is 12.5 Å². The molecule has 16 heavy (non-hydrogen) atoms. The highest BCUT2D eigenvalue weighted by Gasteiger charge is 2.23. The Balaban J connectivity index is 1.88. The number of benzene rings is 1. The first-order valence-corrected chi connectivity index (χ1v) is 5.92. The van der Waals surface area contributed by atoms with E-state index in [0.717, 1.165) is 12.8 Å². The Hall–Kier alpha value is -1.23. The molecule has 0 bridgehead atoms. The lowest BCUT2D eigenvalue weighted by atomic mass is 10.3. The smallest absolute Gasteiger partial charge is 0.258 e. The van der Waals surface area contributed by atoms with Gasteiger partial charge in [0.05, 0.1) is 4.47 Å². The first-order valence-electron chi connectivity index (χ1n) is 5.13. The second kappa shape index (κ2) is 4.74. The van der Waals surface area contributed by atoms with Crippen molar-refractivity contribution in [3.05, 3.63) is 22.7 Å². The van der Waals surface area contributed by atoms with E-state index < -0.39 is 0 Å². The van der Waals surface area contributed by atoms with Gasteiger partial charge < -0.3 is 15.8 Å². The first-order chi connectivity index (χ1) is 7.66. The van der Waals surface area contributed by atoms with Crippen LogP contribution in [0.15, 0.2) is 22.7 Å². The summed E-state index contributed by atoms with van der Waals surface area (Å²) in [6, 6.07) is 5.68. The van der Waals surface area contributed by atoms with Gasteiger partial charge in [0, 0.05) is 11.7 Å². The zero-order valence-electron chi connectivity index (χ0n) is 8.70.